The largest absolute Gasteiger partial charge is 0.355 e. The van der Waals surface area contributed by atoms with Crippen LogP contribution in [0.1, 0.15) is 77.6 Å². The topological polar surface area (TPSA) is 18.5 Å². The molecule has 0 atom stereocenters. The number of halogens is 1. The lowest BCUT2D eigenvalue weighted by molar-refractivity contribution is -0.0531. The van der Waals surface area contributed by atoms with E-state index in [1.54, 1.807) is 0 Å². The van der Waals surface area contributed by atoms with Gasteiger partial charge in [0.25, 0.3) is 0 Å². The van der Waals surface area contributed by atoms with Gasteiger partial charge in [0.2, 0.25) is 0 Å². The fourth-order valence-corrected chi connectivity index (χ4v) is 2.27. The molecule has 0 aromatic rings. The fraction of sp³-hybridized carbons (Fsp3) is 0.889. The van der Waals surface area contributed by atoms with Crippen LogP contribution in [-0.4, -0.2) is 25.9 Å². The van der Waals surface area contributed by atoms with Crippen LogP contribution in [0.2, 0.25) is 0 Å². The predicted octanol–water partition coefficient (Wildman–Crippen LogP) is 6.08. The molecule has 0 saturated carbocycles. The van der Waals surface area contributed by atoms with Crippen molar-refractivity contribution in [2.75, 3.05) is 25.9 Å². The van der Waals surface area contributed by atoms with E-state index in [2.05, 4.69) is 19.1 Å². The molecule has 21 heavy (non-hydrogen) atoms. The minimum atomic E-state index is 0.444. The molecule has 0 fully saturated rings. The summed E-state index contributed by atoms with van der Waals surface area (Å²) < 4.78 is 10.8. The second kappa shape index (κ2) is 19.9. The maximum absolute atomic E-state index is 5.65. The summed E-state index contributed by atoms with van der Waals surface area (Å²) in [7, 11) is 0. The molecular formula is C18H35ClO2. The van der Waals surface area contributed by atoms with Crippen LogP contribution in [0.4, 0.5) is 0 Å². The highest BCUT2D eigenvalue weighted by molar-refractivity contribution is 6.17. The van der Waals surface area contributed by atoms with Gasteiger partial charge >= 0.3 is 0 Å². The summed E-state index contributed by atoms with van der Waals surface area (Å²) in [5.74, 6) is 0.814. The summed E-state index contributed by atoms with van der Waals surface area (Å²) in [5, 5.41) is 0. The number of hydrogen-bond donors (Lipinski definition) is 0. The molecule has 0 aliphatic heterocycles. The smallest absolute Gasteiger partial charge is 0.146 e. The molecule has 0 bridgehead atoms. The quantitative estimate of drug-likeness (QED) is 0.140. The molecule has 126 valence electrons. The van der Waals surface area contributed by atoms with Gasteiger partial charge in [-0.1, -0.05) is 57.6 Å². The molecule has 3 heteroatoms. The number of alkyl halides is 1. The summed E-state index contributed by atoms with van der Waals surface area (Å²) >= 11 is 5.65. The van der Waals surface area contributed by atoms with Gasteiger partial charge in [-0.25, -0.2) is 0 Å². The molecule has 0 aliphatic rings. The van der Waals surface area contributed by atoms with Crippen molar-refractivity contribution in [1.29, 1.82) is 0 Å². The Bertz CT molecular complexity index is 207. The highest BCUT2D eigenvalue weighted by Crippen LogP contribution is 2.08. The third kappa shape index (κ3) is 19.9. The van der Waals surface area contributed by atoms with Crippen LogP contribution in [0.25, 0.3) is 0 Å². The third-order valence-corrected chi connectivity index (χ3v) is 3.68. The van der Waals surface area contributed by atoms with Crippen molar-refractivity contribution in [1.82, 2.24) is 0 Å². The normalized spacial score (nSPS) is 11.5. The Morgan fingerprint density at radius 3 is 2.14 bits per heavy atom. The highest BCUT2D eigenvalue weighted by Gasteiger charge is 1.90. The van der Waals surface area contributed by atoms with Crippen LogP contribution >= 0.6 is 11.6 Å². The Morgan fingerprint density at radius 1 is 0.714 bits per heavy atom. The second-order valence-corrected chi connectivity index (χ2v) is 5.88. The Morgan fingerprint density at radius 2 is 1.38 bits per heavy atom. The zero-order valence-corrected chi connectivity index (χ0v) is 14.7. The Balaban J connectivity index is 3.02. The summed E-state index contributed by atoms with van der Waals surface area (Å²) in [4.78, 5) is 0. The molecule has 0 spiro atoms. The monoisotopic (exact) mass is 318 g/mol. The Kier molecular flexibility index (Phi) is 19.9. The van der Waals surface area contributed by atoms with Crippen molar-refractivity contribution >= 4 is 11.6 Å². The zero-order chi connectivity index (χ0) is 15.4. The van der Waals surface area contributed by atoms with Gasteiger partial charge in [0, 0.05) is 12.5 Å². The van der Waals surface area contributed by atoms with Crippen molar-refractivity contribution in [3.8, 4) is 0 Å². The van der Waals surface area contributed by atoms with Crippen LogP contribution in [-0.2, 0) is 9.47 Å². The first kappa shape index (κ1) is 20.9. The van der Waals surface area contributed by atoms with E-state index >= 15 is 0 Å². The number of hydrogen-bond acceptors (Lipinski definition) is 2. The Hall–Kier alpha value is -0.0500. The first-order valence-corrected chi connectivity index (χ1v) is 9.31. The molecule has 0 aromatic carbocycles. The molecule has 0 aliphatic carbocycles. The van der Waals surface area contributed by atoms with Crippen molar-refractivity contribution in [2.24, 2.45) is 0 Å². The summed E-state index contributed by atoms with van der Waals surface area (Å²) in [6.07, 6.45) is 18.1. The SMILES string of the molecule is CCCCCOCOCCC=CCCCCCCCCCl. The van der Waals surface area contributed by atoms with Gasteiger partial charge in [0.1, 0.15) is 6.79 Å². The van der Waals surface area contributed by atoms with Crippen molar-refractivity contribution in [3.63, 3.8) is 0 Å². The molecule has 2 nitrogen and oxygen atoms in total. The van der Waals surface area contributed by atoms with Crippen molar-refractivity contribution in [3.05, 3.63) is 12.2 Å². The highest BCUT2D eigenvalue weighted by atomic mass is 35.5. The van der Waals surface area contributed by atoms with Crippen LogP contribution < -0.4 is 0 Å². The molecule has 0 saturated heterocycles. The Labute approximate surface area is 137 Å². The van der Waals surface area contributed by atoms with E-state index in [0.717, 1.165) is 31.9 Å². The van der Waals surface area contributed by atoms with Gasteiger partial charge in [-0.2, -0.15) is 0 Å². The summed E-state index contributed by atoms with van der Waals surface area (Å²) in [5.41, 5.74) is 0. The maximum atomic E-state index is 5.65. The average molecular weight is 319 g/mol. The first-order chi connectivity index (χ1) is 10.4. The van der Waals surface area contributed by atoms with E-state index in [1.807, 2.05) is 0 Å². The lowest BCUT2D eigenvalue weighted by atomic mass is 10.1. The van der Waals surface area contributed by atoms with Crippen LogP contribution in [0.15, 0.2) is 12.2 Å². The molecule has 0 radical (unpaired) electrons. The minimum absolute atomic E-state index is 0.444. The maximum Gasteiger partial charge on any atom is 0.146 e. The van der Waals surface area contributed by atoms with E-state index in [1.165, 1.54) is 57.8 Å². The van der Waals surface area contributed by atoms with Crippen molar-refractivity contribution < 1.29 is 9.47 Å². The lowest BCUT2D eigenvalue weighted by Gasteiger charge is -2.03. The van der Waals surface area contributed by atoms with Crippen LogP contribution in [0.5, 0.6) is 0 Å². The zero-order valence-electron chi connectivity index (χ0n) is 14.0. The average Bonchev–Trinajstić information content (AvgIpc) is 2.50. The molecule has 0 N–H and O–H groups in total. The van der Waals surface area contributed by atoms with Crippen LogP contribution in [0, 0.1) is 0 Å². The minimum Gasteiger partial charge on any atom is -0.355 e. The van der Waals surface area contributed by atoms with Gasteiger partial charge in [-0.15, -0.1) is 11.6 Å². The van der Waals surface area contributed by atoms with E-state index in [-0.39, 0.29) is 0 Å². The third-order valence-electron chi connectivity index (χ3n) is 3.41. The van der Waals surface area contributed by atoms with Gasteiger partial charge in [-0.3, -0.25) is 0 Å². The number of allylic oxidation sites excluding steroid dienone is 1. The molecule has 0 amide bonds. The van der Waals surface area contributed by atoms with Crippen LogP contribution in [0.3, 0.4) is 0 Å². The van der Waals surface area contributed by atoms with Gasteiger partial charge in [0.05, 0.1) is 6.61 Å². The number of unbranched alkanes of at least 4 members (excludes halogenated alkanes) is 8. The van der Waals surface area contributed by atoms with Gasteiger partial charge in [0.15, 0.2) is 0 Å². The number of ether oxygens (including phenoxy) is 2. The van der Waals surface area contributed by atoms with Crippen molar-refractivity contribution in [2.45, 2.75) is 77.6 Å². The van der Waals surface area contributed by atoms with Gasteiger partial charge in [-0.05, 0) is 32.1 Å². The molecule has 0 unspecified atom stereocenters. The first-order valence-electron chi connectivity index (χ1n) is 8.78. The summed E-state index contributed by atoms with van der Waals surface area (Å²) in [6, 6.07) is 0. The second-order valence-electron chi connectivity index (χ2n) is 5.50. The number of rotatable bonds is 17. The molecule has 0 heterocycles. The van der Waals surface area contributed by atoms with Gasteiger partial charge < -0.3 is 9.47 Å². The van der Waals surface area contributed by atoms with E-state index in [4.69, 9.17) is 21.1 Å². The fourth-order valence-electron chi connectivity index (χ4n) is 2.08. The van der Waals surface area contributed by atoms with E-state index in [9.17, 15) is 0 Å². The van der Waals surface area contributed by atoms with E-state index < -0.39 is 0 Å². The summed E-state index contributed by atoms with van der Waals surface area (Å²) in [6.45, 7) is 4.24. The van der Waals surface area contributed by atoms with E-state index in [0.29, 0.717) is 6.79 Å². The lowest BCUT2D eigenvalue weighted by Crippen LogP contribution is -2.02. The molecule has 0 rings (SSSR count). The molecular weight excluding hydrogens is 284 g/mol. The predicted molar refractivity (Wildman–Crippen MR) is 93.1 cm³/mol. The molecule has 0 aromatic heterocycles. The standard InChI is InChI=1S/C18H35ClO2/c1-2-3-13-16-20-18-21-17-14-11-9-7-5-4-6-8-10-12-15-19/h9,11H,2-8,10,12-18H2,1H3.